The summed E-state index contributed by atoms with van der Waals surface area (Å²) in [4.78, 5) is 4.39. The Balaban J connectivity index is 1.82. The van der Waals surface area contributed by atoms with Crippen molar-refractivity contribution in [2.24, 2.45) is 11.8 Å². The smallest absolute Gasteiger partial charge is 0.0783 e. The van der Waals surface area contributed by atoms with Gasteiger partial charge in [0.2, 0.25) is 0 Å². The molecular weight excluding hydrogens is 329 g/mol. The summed E-state index contributed by atoms with van der Waals surface area (Å²) in [5.41, 5.74) is 3.69. The van der Waals surface area contributed by atoms with Crippen molar-refractivity contribution in [2.75, 3.05) is 18.1 Å². The highest BCUT2D eigenvalue weighted by molar-refractivity contribution is 7.99. The van der Waals surface area contributed by atoms with Gasteiger partial charge in [0, 0.05) is 18.6 Å². The number of nitrogens with two attached hydrogens (primary N) is 1. The Morgan fingerprint density at radius 2 is 2.38 bits per heavy atom. The van der Waals surface area contributed by atoms with Gasteiger partial charge in [-0.2, -0.15) is 11.8 Å². The molecule has 1 spiro atoms. The number of nitrogens with one attached hydrogen (secondary N) is 1. The lowest BCUT2D eigenvalue weighted by atomic mass is 9.80. The quantitative estimate of drug-likeness (QED) is 0.649. The van der Waals surface area contributed by atoms with Gasteiger partial charge in [0.1, 0.15) is 0 Å². The second-order valence-electron chi connectivity index (χ2n) is 5.75. The summed E-state index contributed by atoms with van der Waals surface area (Å²) >= 11 is 14.2. The van der Waals surface area contributed by atoms with E-state index >= 15 is 0 Å². The molecule has 2 saturated heterocycles. The Morgan fingerprint density at radius 1 is 1.52 bits per heavy atom. The first-order chi connectivity index (χ1) is 10.1. The van der Waals surface area contributed by atoms with Crippen LogP contribution in [0.4, 0.5) is 0 Å². The predicted octanol–water partition coefficient (Wildman–Crippen LogP) is 3.20. The fraction of sp³-hybridized carbons (Fsp3) is 0.643. The standard InChI is InChI=1S/C14H19Cl2N3OS/c15-10-5-11(16)13(18-7-10)12(19-17)9-1-3-20-14(6-9)2-4-21-8-14/h5,7,9,12,19H,1-4,6,8,17H2. The predicted molar refractivity (Wildman–Crippen MR) is 87.7 cm³/mol. The van der Waals surface area contributed by atoms with Crippen molar-refractivity contribution < 1.29 is 4.74 Å². The van der Waals surface area contributed by atoms with Gasteiger partial charge in [0.05, 0.1) is 27.4 Å². The van der Waals surface area contributed by atoms with Crippen LogP contribution in [0.25, 0.3) is 0 Å². The molecule has 0 saturated carbocycles. The molecule has 1 aromatic heterocycles. The molecule has 0 amide bonds. The van der Waals surface area contributed by atoms with E-state index < -0.39 is 0 Å². The van der Waals surface area contributed by atoms with E-state index in [1.54, 1.807) is 12.3 Å². The summed E-state index contributed by atoms with van der Waals surface area (Å²) in [7, 11) is 0. The normalized spacial score (nSPS) is 30.7. The molecular formula is C14H19Cl2N3OS. The van der Waals surface area contributed by atoms with Gasteiger partial charge < -0.3 is 4.74 Å². The number of hydrazine groups is 1. The van der Waals surface area contributed by atoms with Crippen LogP contribution in [0, 0.1) is 5.92 Å². The Hall–Kier alpha value is -0.0400. The number of thioether (sulfide) groups is 1. The molecule has 0 bridgehead atoms. The van der Waals surface area contributed by atoms with Crippen LogP contribution in [-0.2, 0) is 4.74 Å². The largest absolute Gasteiger partial charge is 0.374 e. The molecule has 116 valence electrons. The number of hydrogen-bond donors (Lipinski definition) is 2. The second-order valence-corrected chi connectivity index (χ2v) is 7.70. The number of ether oxygens (including phenoxy) is 1. The monoisotopic (exact) mass is 347 g/mol. The molecule has 0 radical (unpaired) electrons. The first-order valence-corrected chi connectivity index (χ1v) is 9.03. The third-order valence-corrected chi connectivity index (χ3v) is 6.11. The lowest BCUT2D eigenvalue weighted by Gasteiger charge is -2.40. The van der Waals surface area contributed by atoms with Crippen molar-refractivity contribution in [1.82, 2.24) is 10.4 Å². The molecule has 3 atom stereocenters. The molecule has 4 nitrogen and oxygen atoms in total. The lowest BCUT2D eigenvalue weighted by molar-refractivity contribution is -0.0856. The third-order valence-electron chi connectivity index (χ3n) is 4.38. The molecule has 1 aromatic rings. The van der Waals surface area contributed by atoms with Gasteiger partial charge in [0.25, 0.3) is 0 Å². The molecule has 2 aliphatic rings. The van der Waals surface area contributed by atoms with Crippen molar-refractivity contribution in [3.63, 3.8) is 0 Å². The third kappa shape index (κ3) is 3.33. The minimum Gasteiger partial charge on any atom is -0.374 e. The summed E-state index contributed by atoms with van der Waals surface area (Å²) < 4.78 is 6.07. The number of rotatable bonds is 3. The van der Waals surface area contributed by atoms with Crippen molar-refractivity contribution in [3.8, 4) is 0 Å². The summed E-state index contributed by atoms with van der Waals surface area (Å²) in [6, 6.07) is 1.65. The average Bonchev–Trinajstić information content (AvgIpc) is 2.90. The van der Waals surface area contributed by atoms with Crippen LogP contribution in [0.3, 0.4) is 0 Å². The summed E-state index contributed by atoms with van der Waals surface area (Å²) in [6.07, 6.45) is 4.69. The van der Waals surface area contributed by atoms with E-state index in [1.165, 1.54) is 5.75 Å². The van der Waals surface area contributed by atoms with Gasteiger partial charge in [-0.25, -0.2) is 0 Å². The van der Waals surface area contributed by atoms with Gasteiger partial charge in [-0.15, -0.1) is 0 Å². The molecule has 3 heterocycles. The molecule has 2 fully saturated rings. The van der Waals surface area contributed by atoms with Gasteiger partial charge >= 0.3 is 0 Å². The van der Waals surface area contributed by atoms with Gasteiger partial charge in [-0.05, 0) is 37.0 Å². The van der Waals surface area contributed by atoms with Crippen molar-refractivity contribution in [1.29, 1.82) is 0 Å². The van der Waals surface area contributed by atoms with E-state index in [4.69, 9.17) is 33.8 Å². The highest BCUT2D eigenvalue weighted by Crippen LogP contribution is 2.44. The fourth-order valence-corrected chi connectivity index (χ4v) is 5.18. The molecule has 3 unspecified atom stereocenters. The summed E-state index contributed by atoms with van der Waals surface area (Å²) in [5.74, 6) is 8.42. The van der Waals surface area contributed by atoms with Crippen LogP contribution in [0.1, 0.15) is 31.0 Å². The van der Waals surface area contributed by atoms with Crippen LogP contribution < -0.4 is 11.3 Å². The number of pyridine rings is 1. The zero-order chi connectivity index (χ0) is 14.9. The first-order valence-electron chi connectivity index (χ1n) is 7.12. The summed E-state index contributed by atoms with van der Waals surface area (Å²) in [6.45, 7) is 0.772. The molecule has 0 aliphatic carbocycles. The lowest BCUT2D eigenvalue weighted by Crippen LogP contribution is -2.45. The SMILES string of the molecule is NNC(c1ncc(Cl)cc1Cl)C1CCOC2(CCSC2)C1. The van der Waals surface area contributed by atoms with E-state index in [2.05, 4.69) is 10.4 Å². The van der Waals surface area contributed by atoms with Crippen LogP contribution in [0.5, 0.6) is 0 Å². The van der Waals surface area contributed by atoms with Crippen molar-refractivity contribution in [2.45, 2.75) is 30.9 Å². The summed E-state index contributed by atoms with van der Waals surface area (Å²) in [5, 5.41) is 1.10. The average molecular weight is 348 g/mol. The van der Waals surface area contributed by atoms with Gasteiger partial charge in [-0.1, -0.05) is 23.2 Å². The first kappa shape index (κ1) is 15.8. The topological polar surface area (TPSA) is 60.2 Å². The Labute approximate surface area is 139 Å². The van der Waals surface area contributed by atoms with Crippen molar-refractivity contribution >= 4 is 35.0 Å². The fourth-order valence-electron chi connectivity index (χ4n) is 3.31. The van der Waals surface area contributed by atoms with E-state index in [1.807, 2.05) is 11.8 Å². The van der Waals surface area contributed by atoms with Crippen molar-refractivity contribution in [3.05, 3.63) is 28.0 Å². The molecule has 2 aliphatic heterocycles. The van der Waals surface area contributed by atoms with E-state index in [0.717, 1.165) is 37.3 Å². The molecule has 3 rings (SSSR count). The maximum Gasteiger partial charge on any atom is 0.0783 e. The van der Waals surface area contributed by atoms with Gasteiger partial charge in [-0.3, -0.25) is 16.3 Å². The number of hydrogen-bond acceptors (Lipinski definition) is 5. The number of nitrogens with zero attached hydrogens (tertiary/aromatic N) is 1. The number of aromatic nitrogens is 1. The highest BCUT2D eigenvalue weighted by Gasteiger charge is 2.43. The zero-order valence-electron chi connectivity index (χ0n) is 11.6. The second kappa shape index (κ2) is 6.60. The van der Waals surface area contributed by atoms with E-state index in [-0.39, 0.29) is 11.6 Å². The van der Waals surface area contributed by atoms with Crippen LogP contribution in [0.2, 0.25) is 10.0 Å². The molecule has 7 heteroatoms. The Kier molecular flexibility index (Phi) is 4.98. The van der Waals surface area contributed by atoms with Crippen LogP contribution in [-0.4, -0.2) is 28.7 Å². The maximum atomic E-state index is 6.30. The van der Waals surface area contributed by atoms with E-state index in [0.29, 0.717) is 16.0 Å². The minimum atomic E-state index is -0.0684. The number of halogens is 2. The molecule has 3 N–H and O–H groups in total. The minimum absolute atomic E-state index is 0.0155. The molecule has 21 heavy (non-hydrogen) atoms. The molecule has 0 aromatic carbocycles. The Morgan fingerprint density at radius 3 is 3.05 bits per heavy atom. The highest BCUT2D eigenvalue weighted by atomic mass is 35.5. The van der Waals surface area contributed by atoms with E-state index in [9.17, 15) is 0 Å². The zero-order valence-corrected chi connectivity index (χ0v) is 14.0. The van der Waals surface area contributed by atoms with Gasteiger partial charge in [0.15, 0.2) is 0 Å². The van der Waals surface area contributed by atoms with Crippen LogP contribution in [0.15, 0.2) is 12.3 Å². The Bertz CT molecular complexity index is 511. The maximum absolute atomic E-state index is 6.30. The van der Waals surface area contributed by atoms with Crippen LogP contribution >= 0.6 is 35.0 Å².